The summed E-state index contributed by atoms with van der Waals surface area (Å²) in [5.41, 5.74) is 2.40. The Balaban J connectivity index is 0.00000520. The zero-order valence-electron chi connectivity index (χ0n) is 27.0. The number of halogens is 6. The average Bonchev–Trinajstić information content (AvgIpc) is 3.44. The lowest BCUT2D eigenvalue weighted by atomic mass is 9.93. The van der Waals surface area contributed by atoms with Crippen molar-refractivity contribution < 1.29 is 22.7 Å². The lowest BCUT2D eigenvalue weighted by molar-refractivity contribution is -0.137. The number of carbonyl (C=O) groups excluding carboxylic acids is 1. The first kappa shape index (κ1) is 37.3. The van der Waals surface area contributed by atoms with Gasteiger partial charge in [0.25, 0.3) is 5.91 Å². The van der Waals surface area contributed by atoms with Crippen LogP contribution >= 0.6 is 35.6 Å². The first-order chi connectivity index (χ1) is 22.4. The Morgan fingerprint density at radius 3 is 1.96 bits per heavy atom. The Labute approximate surface area is 295 Å². The normalized spacial score (nSPS) is 16.2. The monoisotopic (exact) mass is 717 g/mol. The second-order valence-corrected chi connectivity index (χ2v) is 12.5. The van der Waals surface area contributed by atoms with E-state index in [2.05, 4.69) is 18.7 Å². The lowest BCUT2D eigenvalue weighted by Gasteiger charge is -2.30. The summed E-state index contributed by atoms with van der Waals surface area (Å²) in [4.78, 5) is 23.6. The van der Waals surface area contributed by atoms with Crippen LogP contribution in [0.15, 0.2) is 96.0 Å². The SMILES string of the molecule is CCN(CC)Cc1ccc(C(=O)N2C(c3ccc(C(F)(F)F)cc3OC(C)C)=NC(c3ccc(Cl)cc3)C2c2ccc(Cl)cc2)cc1.Cl. The largest absolute Gasteiger partial charge is 0.490 e. The van der Waals surface area contributed by atoms with E-state index in [4.69, 9.17) is 32.9 Å². The number of amidine groups is 1. The van der Waals surface area contributed by atoms with Gasteiger partial charge in [0.2, 0.25) is 0 Å². The summed E-state index contributed by atoms with van der Waals surface area (Å²) in [6, 6.07) is 23.7. The first-order valence-corrected chi connectivity index (χ1v) is 16.3. The van der Waals surface area contributed by atoms with Crippen LogP contribution in [0.25, 0.3) is 0 Å². The number of ether oxygens (including phenoxy) is 1. The van der Waals surface area contributed by atoms with E-state index in [0.717, 1.165) is 48.5 Å². The molecule has 2 unspecified atom stereocenters. The van der Waals surface area contributed by atoms with E-state index in [9.17, 15) is 18.0 Å². The van der Waals surface area contributed by atoms with Crippen LogP contribution in [0.3, 0.4) is 0 Å². The molecule has 0 aromatic heterocycles. The van der Waals surface area contributed by atoms with Crippen LogP contribution in [0.2, 0.25) is 10.0 Å². The molecule has 0 saturated carbocycles. The van der Waals surface area contributed by atoms with Crippen LogP contribution < -0.4 is 4.74 Å². The molecular formula is C37H37Cl3F3N3O2. The van der Waals surface area contributed by atoms with Gasteiger partial charge in [0.15, 0.2) is 0 Å². The van der Waals surface area contributed by atoms with Crippen molar-refractivity contribution in [2.45, 2.75) is 58.6 Å². The minimum Gasteiger partial charge on any atom is -0.490 e. The molecule has 5 nitrogen and oxygen atoms in total. The van der Waals surface area contributed by atoms with Gasteiger partial charge in [-0.3, -0.25) is 19.6 Å². The summed E-state index contributed by atoms with van der Waals surface area (Å²) in [6.45, 7) is 10.2. The Morgan fingerprint density at radius 1 is 0.875 bits per heavy atom. The van der Waals surface area contributed by atoms with E-state index in [-0.39, 0.29) is 35.5 Å². The van der Waals surface area contributed by atoms with Crippen LogP contribution in [0.5, 0.6) is 5.75 Å². The van der Waals surface area contributed by atoms with Crippen LogP contribution in [0.1, 0.15) is 78.0 Å². The third kappa shape index (κ3) is 8.35. The van der Waals surface area contributed by atoms with Crippen molar-refractivity contribution in [3.63, 3.8) is 0 Å². The molecule has 0 N–H and O–H groups in total. The summed E-state index contributed by atoms with van der Waals surface area (Å²) < 4.78 is 47.5. The third-order valence-corrected chi connectivity index (χ3v) is 8.63. The Morgan fingerprint density at radius 2 is 1.44 bits per heavy atom. The van der Waals surface area contributed by atoms with Crippen molar-refractivity contribution in [1.29, 1.82) is 0 Å². The number of alkyl halides is 3. The number of amides is 1. The number of carbonyl (C=O) groups is 1. The summed E-state index contributed by atoms with van der Waals surface area (Å²) in [6.07, 6.45) is -5.04. The molecule has 4 aromatic carbocycles. The summed E-state index contributed by atoms with van der Waals surface area (Å²) in [7, 11) is 0. The molecule has 1 aliphatic rings. The van der Waals surface area contributed by atoms with Crippen molar-refractivity contribution in [3.8, 4) is 5.75 Å². The van der Waals surface area contributed by atoms with Crippen LogP contribution in [-0.2, 0) is 12.7 Å². The number of rotatable bonds is 10. The van der Waals surface area contributed by atoms with Gasteiger partial charge in [0, 0.05) is 22.2 Å². The van der Waals surface area contributed by atoms with Gasteiger partial charge in [0.1, 0.15) is 17.6 Å². The standard InChI is InChI=1S/C37H36Cl2F3N3O2.ClH/c1-5-44(6-2)22-24-7-9-27(10-8-24)36(46)45-34(26-13-18-30(39)19-14-26)33(25-11-16-29(38)17-12-25)43-35(45)31-20-15-28(37(40,41)42)21-32(31)47-23(3)4;/h7-21,23,33-34H,5-6,22H2,1-4H3;1H. The molecule has 1 heterocycles. The molecule has 0 spiro atoms. The van der Waals surface area contributed by atoms with E-state index >= 15 is 0 Å². The minimum absolute atomic E-state index is 0. The third-order valence-electron chi connectivity index (χ3n) is 8.12. The van der Waals surface area contributed by atoms with E-state index in [0.29, 0.717) is 15.6 Å². The zero-order chi connectivity index (χ0) is 33.9. The predicted octanol–water partition coefficient (Wildman–Crippen LogP) is 10.4. The number of nitrogens with zero attached hydrogens (tertiary/aromatic N) is 3. The second-order valence-electron chi connectivity index (χ2n) is 11.7. The molecule has 1 amide bonds. The highest BCUT2D eigenvalue weighted by atomic mass is 35.5. The molecule has 11 heteroatoms. The maximum atomic E-state index is 14.7. The van der Waals surface area contributed by atoms with Crippen molar-refractivity contribution in [1.82, 2.24) is 9.80 Å². The molecule has 0 aliphatic carbocycles. The Kier molecular flexibility index (Phi) is 12.2. The zero-order valence-corrected chi connectivity index (χ0v) is 29.3. The highest BCUT2D eigenvalue weighted by Gasteiger charge is 2.44. The number of hydrogen-bond acceptors (Lipinski definition) is 4. The molecule has 2 atom stereocenters. The van der Waals surface area contributed by atoms with Gasteiger partial charge in [0.05, 0.1) is 23.3 Å². The lowest BCUT2D eigenvalue weighted by Crippen LogP contribution is -2.38. The van der Waals surface area contributed by atoms with E-state index in [1.54, 1.807) is 55.1 Å². The first-order valence-electron chi connectivity index (χ1n) is 15.5. The number of aliphatic imine (C=N–C) groups is 1. The van der Waals surface area contributed by atoms with Crippen molar-refractivity contribution in [3.05, 3.63) is 134 Å². The molecule has 0 radical (unpaired) electrons. The van der Waals surface area contributed by atoms with Crippen LogP contribution in [0.4, 0.5) is 13.2 Å². The van der Waals surface area contributed by atoms with Crippen LogP contribution in [-0.4, -0.2) is 40.7 Å². The van der Waals surface area contributed by atoms with Gasteiger partial charge in [-0.05, 0) is 98.2 Å². The number of hydrogen-bond donors (Lipinski definition) is 0. The van der Waals surface area contributed by atoms with E-state index < -0.39 is 29.9 Å². The van der Waals surface area contributed by atoms with Gasteiger partial charge in [-0.25, -0.2) is 0 Å². The van der Waals surface area contributed by atoms with Gasteiger partial charge >= 0.3 is 6.18 Å². The smallest absolute Gasteiger partial charge is 0.416 e. The molecule has 0 saturated heterocycles. The predicted molar refractivity (Wildman–Crippen MR) is 189 cm³/mol. The topological polar surface area (TPSA) is 45.1 Å². The fraction of sp³-hybridized carbons (Fsp3) is 0.297. The van der Waals surface area contributed by atoms with Gasteiger partial charge in [-0.1, -0.05) is 73.4 Å². The fourth-order valence-electron chi connectivity index (χ4n) is 5.70. The average molecular weight is 719 g/mol. The molecular weight excluding hydrogens is 682 g/mol. The van der Waals surface area contributed by atoms with Crippen LogP contribution in [0, 0.1) is 0 Å². The van der Waals surface area contributed by atoms with Gasteiger partial charge < -0.3 is 4.74 Å². The fourth-order valence-corrected chi connectivity index (χ4v) is 5.95. The van der Waals surface area contributed by atoms with Gasteiger partial charge in [-0.15, -0.1) is 12.4 Å². The summed E-state index contributed by atoms with van der Waals surface area (Å²) in [5, 5.41) is 1.06. The maximum Gasteiger partial charge on any atom is 0.416 e. The highest BCUT2D eigenvalue weighted by molar-refractivity contribution is 6.30. The molecule has 1 aliphatic heterocycles. The Hall–Kier alpha value is -3.56. The maximum absolute atomic E-state index is 14.7. The number of benzene rings is 4. The Bertz CT molecular complexity index is 1720. The minimum atomic E-state index is -4.59. The summed E-state index contributed by atoms with van der Waals surface area (Å²) in [5.74, 6) is -0.177. The van der Waals surface area contributed by atoms with Crippen molar-refractivity contribution in [2.24, 2.45) is 4.99 Å². The second kappa shape index (κ2) is 15.8. The molecule has 4 aromatic rings. The van der Waals surface area contributed by atoms with Gasteiger partial charge in [-0.2, -0.15) is 13.2 Å². The quantitative estimate of drug-likeness (QED) is 0.164. The molecule has 5 rings (SSSR count). The van der Waals surface area contributed by atoms with E-state index in [1.165, 1.54) is 6.07 Å². The molecule has 0 bridgehead atoms. The molecule has 0 fully saturated rings. The van der Waals surface area contributed by atoms with Crippen molar-refractivity contribution >= 4 is 47.4 Å². The highest BCUT2D eigenvalue weighted by Crippen LogP contribution is 2.46. The molecule has 48 heavy (non-hydrogen) atoms. The molecule has 254 valence electrons. The van der Waals surface area contributed by atoms with E-state index in [1.807, 2.05) is 36.4 Å². The summed E-state index contributed by atoms with van der Waals surface area (Å²) >= 11 is 12.5. The van der Waals surface area contributed by atoms with Crippen molar-refractivity contribution in [2.75, 3.05) is 13.1 Å².